The summed E-state index contributed by atoms with van der Waals surface area (Å²) in [7, 11) is 0. The van der Waals surface area contributed by atoms with Gasteiger partial charge in [0.2, 0.25) is 5.95 Å². The van der Waals surface area contributed by atoms with E-state index in [0.717, 1.165) is 0 Å². The van der Waals surface area contributed by atoms with Gasteiger partial charge in [-0.05, 0) is 24.3 Å². The molecule has 2 aromatic rings. The van der Waals surface area contributed by atoms with Crippen LogP contribution in [0.4, 0.5) is 24.8 Å². The van der Waals surface area contributed by atoms with E-state index in [0.29, 0.717) is 16.9 Å². The molecular formula is C12H7ClF3N3O2. The Kier molecular flexibility index (Phi) is 3.99. The molecule has 0 atom stereocenters. The summed E-state index contributed by atoms with van der Waals surface area (Å²) in [6, 6.07) is 6.09. The molecule has 21 heavy (non-hydrogen) atoms. The van der Waals surface area contributed by atoms with Crippen LogP contribution in [0.1, 0.15) is 16.1 Å². The first-order chi connectivity index (χ1) is 9.77. The van der Waals surface area contributed by atoms with Gasteiger partial charge in [-0.3, -0.25) is 0 Å². The van der Waals surface area contributed by atoms with E-state index in [9.17, 15) is 18.0 Å². The molecule has 0 saturated heterocycles. The Hall–Kier alpha value is -2.35. The molecule has 2 N–H and O–H groups in total. The molecule has 0 aliphatic rings. The number of aromatic carboxylic acids is 1. The van der Waals surface area contributed by atoms with Gasteiger partial charge in [-0.1, -0.05) is 11.6 Å². The Morgan fingerprint density at radius 1 is 1.24 bits per heavy atom. The number of anilines is 2. The van der Waals surface area contributed by atoms with Gasteiger partial charge in [0.05, 0.1) is 0 Å². The van der Waals surface area contributed by atoms with Crippen LogP contribution in [0.15, 0.2) is 30.5 Å². The summed E-state index contributed by atoms with van der Waals surface area (Å²) < 4.78 is 38.3. The summed E-state index contributed by atoms with van der Waals surface area (Å²) >= 11 is 5.68. The Morgan fingerprint density at radius 3 is 2.38 bits per heavy atom. The molecular weight excluding hydrogens is 311 g/mol. The highest BCUT2D eigenvalue weighted by atomic mass is 35.5. The molecule has 0 radical (unpaired) electrons. The predicted molar refractivity (Wildman–Crippen MR) is 68.7 cm³/mol. The minimum atomic E-state index is -4.90. The van der Waals surface area contributed by atoms with E-state index >= 15 is 0 Å². The van der Waals surface area contributed by atoms with E-state index in [1.807, 2.05) is 0 Å². The van der Waals surface area contributed by atoms with Crippen LogP contribution < -0.4 is 5.32 Å². The molecule has 0 bridgehead atoms. The van der Waals surface area contributed by atoms with Crippen LogP contribution >= 0.6 is 11.6 Å². The van der Waals surface area contributed by atoms with Crippen molar-refractivity contribution in [3.05, 3.63) is 46.7 Å². The number of hydrogen-bond donors (Lipinski definition) is 2. The van der Waals surface area contributed by atoms with Crippen LogP contribution in [-0.2, 0) is 6.18 Å². The molecule has 0 spiro atoms. The van der Waals surface area contributed by atoms with E-state index in [2.05, 4.69) is 15.3 Å². The molecule has 2 rings (SSSR count). The quantitative estimate of drug-likeness (QED) is 0.904. The van der Waals surface area contributed by atoms with Crippen LogP contribution in [0.5, 0.6) is 0 Å². The highest BCUT2D eigenvalue weighted by Gasteiger charge is 2.38. The van der Waals surface area contributed by atoms with Crippen LogP contribution in [0, 0.1) is 0 Å². The van der Waals surface area contributed by atoms with Gasteiger partial charge in [0, 0.05) is 16.9 Å². The van der Waals surface area contributed by atoms with Crippen LogP contribution in [0.2, 0.25) is 5.02 Å². The highest BCUT2D eigenvalue weighted by molar-refractivity contribution is 6.30. The number of nitrogens with zero attached hydrogens (tertiary/aromatic N) is 2. The second-order valence-corrected chi connectivity index (χ2v) is 4.33. The first-order valence-corrected chi connectivity index (χ1v) is 5.85. The maximum Gasteiger partial charge on any atom is 0.434 e. The number of hydrogen-bond acceptors (Lipinski definition) is 4. The van der Waals surface area contributed by atoms with Crippen molar-refractivity contribution in [1.82, 2.24) is 9.97 Å². The van der Waals surface area contributed by atoms with Crippen LogP contribution in [0.3, 0.4) is 0 Å². The number of carboxylic acid groups (broad SMARTS) is 1. The summed E-state index contributed by atoms with van der Waals surface area (Å²) in [5.74, 6) is -2.12. The molecule has 1 aromatic carbocycles. The van der Waals surface area contributed by atoms with E-state index < -0.39 is 23.4 Å². The Balaban J connectivity index is 2.38. The number of carbonyl (C=O) groups is 1. The summed E-state index contributed by atoms with van der Waals surface area (Å²) in [5, 5.41) is 11.7. The summed E-state index contributed by atoms with van der Waals surface area (Å²) in [6.45, 7) is 0. The maximum absolute atomic E-state index is 12.8. The zero-order valence-corrected chi connectivity index (χ0v) is 10.9. The predicted octanol–water partition coefficient (Wildman–Crippen LogP) is 3.59. The van der Waals surface area contributed by atoms with Gasteiger partial charge in [0.25, 0.3) is 0 Å². The lowest BCUT2D eigenvalue weighted by Gasteiger charge is -2.11. The third-order valence-corrected chi connectivity index (χ3v) is 2.64. The van der Waals surface area contributed by atoms with Gasteiger partial charge >= 0.3 is 12.1 Å². The summed E-state index contributed by atoms with van der Waals surface area (Å²) in [6.07, 6.45) is -4.29. The number of alkyl halides is 3. The number of carboxylic acids is 1. The Morgan fingerprint density at radius 2 is 1.86 bits per heavy atom. The summed E-state index contributed by atoms with van der Waals surface area (Å²) in [5.41, 5.74) is -2.11. The summed E-state index contributed by atoms with van der Waals surface area (Å²) in [4.78, 5) is 17.5. The van der Waals surface area contributed by atoms with Gasteiger partial charge in [0.15, 0.2) is 5.69 Å². The fourth-order valence-corrected chi connectivity index (χ4v) is 1.60. The smallest absolute Gasteiger partial charge is 0.434 e. The largest absolute Gasteiger partial charge is 0.478 e. The number of aromatic nitrogens is 2. The topological polar surface area (TPSA) is 75.1 Å². The van der Waals surface area contributed by atoms with E-state index in [1.54, 1.807) is 0 Å². The van der Waals surface area contributed by atoms with Gasteiger partial charge in [-0.25, -0.2) is 14.8 Å². The number of rotatable bonds is 3. The minimum absolute atomic E-state index is 0.366. The van der Waals surface area contributed by atoms with Gasteiger partial charge < -0.3 is 10.4 Å². The van der Waals surface area contributed by atoms with Crippen molar-refractivity contribution >= 4 is 29.2 Å². The number of halogens is 4. The van der Waals surface area contributed by atoms with Gasteiger partial charge in [0.1, 0.15) is 5.56 Å². The fourth-order valence-electron chi connectivity index (χ4n) is 1.48. The fraction of sp³-hybridized carbons (Fsp3) is 0.0833. The lowest BCUT2D eigenvalue weighted by Crippen LogP contribution is -2.17. The van der Waals surface area contributed by atoms with E-state index in [4.69, 9.17) is 16.7 Å². The zero-order valence-electron chi connectivity index (χ0n) is 10.1. The maximum atomic E-state index is 12.8. The molecule has 0 saturated carbocycles. The van der Waals surface area contributed by atoms with Gasteiger partial charge in [-0.2, -0.15) is 13.2 Å². The Bertz CT molecular complexity index is 674. The molecule has 0 aliphatic carbocycles. The molecule has 0 fully saturated rings. The highest BCUT2D eigenvalue weighted by Crippen LogP contribution is 2.31. The minimum Gasteiger partial charge on any atom is -0.478 e. The number of benzene rings is 1. The first kappa shape index (κ1) is 15.0. The SMILES string of the molecule is O=C(O)c1cnc(Nc2ccc(Cl)cc2)nc1C(F)(F)F. The molecule has 0 unspecified atom stereocenters. The van der Waals surface area contributed by atoms with Crippen molar-refractivity contribution < 1.29 is 23.1 Å². The van der Waals surface area contributed by atoms with Crippen LogP contribution in [0.25, 0.3) is 0 Å². The lowest BCUT2D eigenvalue weighted by molar-refractivity contribution is -0.141. The van der Waals surface area contributed by atoms with Crippen molar-refractivity contribution in [2.45, 2.75) is 6.18 Å². The third-order valence-electron chi connectivity index (χ3n) is 2.39. The second-order valence-electron chi connectivity index (χ2n) is 3.89. The monoisotopic (exact) mass is 317 g/mol. The second kappa shape index (κ2) is 5.57. The van der Waals surface area contributed by atoms with Crippen molar-refractivity contribution in [2.75, 3.05) is 5.32 Å². The lowest BCUT2D eigenvalue weighted by atomic mass is 10.2. The van der Waals surface area contributed by atoms with Crippen molar-refractivity contribution in [3.8, 4) is 0 Å². The molecule has 5 nitrogen and oxygen atoms in total. The first-order valence-electron chi connectivity index (χ1n) is 5.47. The molecule has 110 valence electrons. The average molecular weight is 318 g/mol. The van der Waals surface area contributed by atoms with Crippen molar-refractivity contribution in [2.24, 2.45) is 0 Å². The standard InChI is InChI=1S/C12H7ClF3N3O2/c13-6-1-3-7(4-2-6)18-11-17-5-8(10(20)21)9(19-11)12(14,15)16/h1-5H,(H,20,21)(H,17,18,19). The number of nitrogens with one attached hydrogen (secondary N) is 1. The molecule has 0 aliphatic heterocycles. The molecule has 1 aromatic heterocycles. The van der Waals surface area contributed by atoms with Crippen LogP contribution in [-0.4, -0.2) is 21.0 Å². The Labute approximate surface area is 121 Å². The van der Waals surface area contributed by atoms with Crippen molar-refractivity contribution in [3.63, 3.8) is 0 Å². The van der Waals surface area contributed by atoms with Crippen molar-refractivity contribution in [1.29, 1.82) is 0 Å². The molecule has 0 amide bonds. The molecule has 9 heteroatoms. The third kappa shape index (κ3) is 3.60. The zero-order chi connectivity index (χ0) is 15.6. The van der Waals surface area contributed by atoms with E-state index in [1.165, 1.54) is 24.3 Å². The molecule has 1 heterocycles. The van der Waals surface area contributed by atoms with E-state index in [-0.39, 0.29) is 5.95 Å². The van der Waals surface area contributed by atoms with Gasteiger partial charge in [-0.15, -0.1) is 0 Å². The average Bonchev–Trinajstić information content (AvgIpc) is 2.40. The normalized spacial score (nSPS) is 11.2.